The van der Waals surface area contributed by atoms with Crippen LogP contribution in [0.5, 0.6) is 5.75 Å². The number of rotatable bonds is 16. The zero-order valence-corrected chi connectivity index (χ0v) is 26.6. The summed E-state index contributed by atoms with van der Waals surface area (Å²) in [4.78, 5) is 48.7. The Balaban J connectivity index is 1.28. The highest BCUT2D eigenvalue weighted by Crippen LogP contribution is 2.17. The van der Waals surface area contributed by atoms with E-state index in [9.17, 15) is 14.4 Å². The van der Waals surface area contributed by atoms with Crippen LogP contribution >= 0.6 is 0 Å². The molecule has 10 nitrogen and oxygen atoms in total. The van der Waals surface area contributed by atoms with Gasteiger partial charge in [-0.3, -0.25) is 9.59 Å². The van der Waals surface area contributed by atoms with E-state index >= 15 is 0 Å². The minimum atomic E-state index is -1.03. The van der Waals surface area contributed by atoms with Gasteiger partial charge < -0.3 is 30.0 Å². The minimum absolute atomic E-state index is 0.0455. The summed E-state index contributed by atoms with van der Waals surface area (Å²) < 4.78 is 11.4. The van der Waals surface area contributed by atoms with Gasteiger partial charge in [-0.1, -0.05) is 103 Å². The summed E-state index contributed by atoms with van der Waals surface area (Å²) in [6, 6.07) is 35.3. The van der Waals surface area contributed by atoms with Crippen LogP contribution in [0, 0.1) is 0 Å². The zero-order chi connectivity index (χ0) is 33.4. The second-order valence-corrected chi connectivity index (χ2v) is 11.2. The Hall–Kier alpha value is -5.90. The van der Waals surface area contributed by atoms with E-state index in [1.165, 1.54) is 11.2 Å². The molecule has 0 aliphatic carbocycles. The van der Waals surface area contributed by atoms with Gasteiger partial charge in [-0.05, 0) is 40.8 Å². The first kappa shape index (κ1) is 33.5. The number of aromatic nitrogens is 2. The largest absolute Gasteiger partial charge is 0.489 e. The smallest absolute Gasteiger partial charge is 0.408 e. The lowest BCUT2D eigenvalue weighted by molar-refractivity contribution is -0.138. The number of amides is 3. The summed E-state index contributed by atoms with van der Waals surface area (Å²) in [5, 5.41) is 5.65. The van der Waals surface area contributed by atoms with Gasteiger partial charge in [-0.2, -0.15) is 0 Å². The number of alkyl carbamates (subject to hydrolysis) is 1. The normalized spacial score (nSPS) is 11.2. The van der Waals surface area contributed by atoms with Crippen molar-refractivity contribution in [1.29, 1.82) is 0 Å². The first-order chi connectivity index (χ1) is 23.5. The van der Waals surface area contributed by atoms with Gasteiger partial charge in [0.25, 0.3) is 0 Å². The number of carbonyl (C=O) groups excluding carboxylic acids is 3. The SMILES string of the molecule is O=C(CN(Cc1ccc(OCc2ccccc2)cc1)C(=O)[C@H](Cc1cnc[nH]1)NC(=O)OCc1ccccc1)NCCc1ccccc1. The van der Waals surface area contributed by atoms with Crippen molar-refractivity contribution < 1.29 is 23.9 Å². The minimum Gasteiger partial charge on any atom is -0.489 e. The third kappa shape index (κ3) is 10.9. The molecule has 3 N–H and O–H groups in total. The lowest BCUT2D eigenvalue weighted by atomic mass is 10.1. The topological polar surface area (TPSA) is 126 Å². The molecular formula is C38H39N5O5. The van der Waals surface area contributed by atoms with Crippen molar-refractivity contribution in [3.8, 4) is 5.75 Å². The van der Waals surface area contributed by atoms with Crippen LogP contribution in [0.15, 0.2) is 128 Å². The average molecular weight is 646 g/mol. The number of hydrogen-bond acceptors (Lipinski definition) is 6. The lowest BCUT2D eigenvalue weighted by Gasteiger charge is -2.27. The number of aromatic amines is 1. The maximum Gasteiger partial charge on any atom is 0.408 e. The Labute approximate surface area is 280 Å². The van der Waals surface area contributed by atoms with Gasteiger partial charge in [0, 0.05) is 31.4 Å². The summed E-state index contributed by atoms with van der Waals surface area (Å²) in [6.07, 6.45) is 3.12. The van der Waals surface area contributed by atoms with Crippen LogP contribution in [0.2, 0.25) is 0 Å². The average Bonchev–Trinajstić information content (AvgIpc) is 3.64. The molecule has 0 saturated carbocycles. The molecule has 3 amide bonds. The molecule has 0 unspecified atom stereocenters. The molecule has 10 heteroatoms. The van der Waals surface area contributed by atoms with E-state index < -0.39 is 18.0 Å². The van der Waals surface area contributed by atoms with Gasteiger partial charge in [-0.25, -0.2) is 9.78 Å². The molecule has 4 aromatic carbocycles. The van der Waals surface area contributed by atoms with Gasteiger partial charge in [0.15, 0.2) is 0 Å². The monoisotopic (exact) mass is 645 g/mol. The molecule has 0 saturated heterocycles. The molecule has 0 aliphatic heterocycles. The van der Waals surface area contributed by atoms with Crippen LogP contribution in [0.4, 0.5) is 4.79 Å². The van der Waals surface area contributed by atoms with Crippen molar-refractivity contribution in [3.05, 3.63) is 156 Å². The zero-order valence-electron chi connectivity index (χ0n) is 26.6. The fourth-order valence-corrected chi connectivity index (χ4v) is 5.03. The quantitative estimate of drug-likeness (QED) is 0.135. The predicted molar refractivity (Wildman–Crippen MR) is 182 cm³/mol. The molecule has 5 rings (SSSR count). The summed E-state index contributed by atoms with van der Waals surface area (Å²) in [6.45, 7) is 0.809. The maximum atomic E-state index is 14.2. The number of hydrogen-bond donors (Lipinski definition) is 3. The van der Waals surface area contributed by atoms with E-state index in [2.05, 4.69) is 20.6 Å². The van der Waals surface area contributed by atoms with Gasteiger partial charge in [0.05, 0.1) is 12.9 Å². The fourth-order valence-electron chi connectivity index (χ4n) is 5.03. The number of ether oxygens (including phenoxy) is 2. The molecule has 0 bridgehead atoms. The van der Waals surface area contributed by atoms with Crippen LogP contribution < -0.4 is 15.4 Å². The van der Waals surface area contributed by atoms with Gasteiger partial charge >= 0.3 is 6.09 Å². The van der Waals surface area contributed by atoms with Crippen molar-refractivity contribution in [2.45, 2.75) is 38.6 Å². The molecule has 1 aromatic heterocycles. The van der Waals surface area contributed by atoms with Crippen LogP contribution in [-0.2, 0) is 46.9 Å². The van der Waals surface area contributed by atoms with Crippen LogP contribution in [-0.4, -0.2) is 51.9 Å². The number of imidazole rings is 1. The van der Waals surface area contributed by atoms with Crippen LogP contribution in [0.1, 0.15) is 27.9 Å². The highest BCUT2D eigenvalue weighted by Gasteiger charge is 2.29. The van der Waals surface area contributed by atoms with Gasteiger partial charge in [-0.15, -0.1) is 0 Å². The molecular weight excluding hydrogens is 606 g/mol. The number of nitrogens with one attached hydrogen (secondary N) is 3. The maximum absolute atomic E-state index is 14.2. The van der Waals surface area contributed by atoms with Crippen LogP contribution in [0.3, 0.4) is 0 Å². The second-order valence-electron chi connectivity index (χ2n) is 11.2. The fraction of sp³-hybridized carbons (Fsp3) is 0.211. The van der Waals surface area contributed by atoms with Crippen molar-refractivity contribution in [1.82, 2.24) is 25.5 Å². The van der Waals surface area contributed by atoms with E-state index in [4.69, 9.17) is 9.47 Å². The van der Waals surface area contributed by atoms with Crippen molar-refractivity contribution in [3.63, 3.8) is 0 Å². The molecule has 5 aromatic rings. The van der Waals surface area contributed by atoms with Gasteiger partial charge in [0.1, 0.15) is 25.0 Å². The molecule has 48 heavy (non-hydrogen) atoms. The molecule has 246 valence electrons. The second kappa shape index (κ2) is 17.7. The molecule has 0 fully saturated rings. The summed E-state index contributed by atoms with van der Waals surface area (Å²) >= 11 is 0. The Morgan fingerprint density at radius 2 is 1.38 bits per heavy atom. The van der Waals surface area contributed by atoms with Gasteiger partial charge in [0.2, 0.25) is 11.8 Å². The molecule has 1 heterocycles. The molecule has 0 radical (unpaired) electrons. The molecule has 0 spiro atoms. The first-order valence-electron chi connectivity index (χ1n) is 15.8. The number of H-pyrrole nitrogens is 1. The summed E-state index contributed by atoms with van der Waals surface area (Å²) in [5.41, 5.74) is 4.39. The van der Waals surface area contributed by atoms with Crippen LogP contribution in [0.25, 0.3) is 0 Å². The van der Waals surface area contributed by atoms with Crippen molar-refractivity contribution in [2.24, 2.45) is 0 Å². The Morgan fingerprint density at radius 1 is 0.750 bits per heavy atom. The van der Waals surface area contributed by atoms with E-state index in [-0.39, 0.29) is 32.0 Å². The summed E-state index contributed by atoms with van der Waals surface area (Å²) in [5.74, 6) is -0.0722. The van der Waals surface area contributed by atoms with E-state index in [1.807, 2.05) is 115 Å². The number of carbonyl (C=O) groups is 3. The highest BCUT2D eigenvalue weighted by atomic mass is 16.5. The third-order valence-electron chi connectivity index (χ3n) is 7.55. The number of benzene rings is 4. The first-order valence-corrected chi connectivity index (χ1v) is 15.8. The Kier molecular flexibility index (Phi) is 12.3. The molecule has 0 aliphatic rings. The van der Waals surface area contributed by atoms with Crippen molar-refractivity contribution >= 4 is 17.9 Å². The predicted octanol–water partition coefficient (Wildman–Crippen LogP) is 5.21. The lowest BCUT2D eigenvalue weighted by Crippen LogP contribution is -2.52. The highest BCUT2D eigenvalue weighted by molar-refractivity contribution is 5.89. The Bertz CT molecular complexity index is 1700. The summed E-state index contributed by atoms with van der Waals surface area (Å²) in [7, 11) is 0. The molecule has 1 atom stereocenters. The number of nitrogens with zero attached hydrogens (tertiary/aromatic N) is 2. The van der Waals surface area contributed by atoms with Crippen molar-refractivity contribution in [2.75, 3.05) is 13.1 Å². The van der Waals surface area contributed by atoms with E-state index in [1.54, 1.807) is 6.20 Å². The standard InChI is InChI=1S/C38H39N5O5/c44-36(40-21-20-29-10-4-1-5-11-29)25-43(24-30-16-18-34(19-17-30)47-26-31-12-6-2-7-13-31)37(45)35(22-33-23-39-28-41-33)42-38(46)48-27-32-14-8-3-9-15-32/h1-19,23,28,35H,20-22,24-27H2,(H,39,41)(H,40,44)(H,42,46)/t35-/m0/s1. The van der Waals surface area contributed by atoms with E-state index in [0.717, 1.165) is 22.3 Å². The Morgan fingerprint density at radius 3 is 2.00 bits per heavy atom. The third-order valence-corrected chi connectivity index (χ3v) is 7.55. The van der Waals surface area contributed by atoms with E-state index in [0.29, 0.717) is 31.0 Å².